The van der Waals surface area contributed by atoms with Crippen molar-refractivity contribution < 1.29 is 14.3 Å². The van der Waals surface area contributed by atoms with Gasteiger partial charge in [-0.05, 0) is 6.08 Å². The number of carbonyl (C=O) groups excluding carboxylic acids is 1. The number of rotatable bonds is 2. The van der Waals surface area contributed by atoms with Crippen molar-refractivity contribution in [3.63, 3.8) is 0 Å². The lowest BCUT2D eigenvalue weighted by molar-refractivity contribution is -0.114. The summed E-state index contributed by atoms with van der Waals surface area (Å²) < 4.78 is 9.87. The Morgan fingerprint density at radius 3 is 2.45 bits per heavy atom. The van der Waals surface area contributed by atoms with E-state index in [9.17, 15) is 4.79 Å². The third-order valence-electron chi connectivity index (χ3n) is 1.46. The molecule has 0 aromatic rings. The molecule has 3 heteroatoms. The predicted octanol–water partition coefficient (Wildman–Crippen LogP) is 1.02. The van der Waals surface area contributed by atoms with Crippen molar-refractivity contribution in [2.75, 3.05) is 14.2 Å². The molecule has 0 bridgehead atoms. The standard InChI is InChI=1S/C8H10O3/c1-10-7-4-3-6(9)5-8(7)11-2/h4-5H,3H2,1-2H3. The van der Waals surface area contributed by atoms with Crippen molar-refractivity contribution in [3.8, 4) is 0 Å². The van der Waals surface area contributed by atoms with Crippen LogP contribution in [-0.2, 0) is 14.3 Å². The van der Waals surface area contributed by atoms with Gasteiger partial charge in [0.1, 0.15) is 0 Å². The zero-order valence-electron chi connectivity index (χ0n) is 6.59. The Bertz CT molecular complexity index is 225. The second-order valence-corrected chi connectivity index (χ2v) is 2.16. The van der Waals surface area contributed by atoms with E-state index in [-0.39, 0.29) is 5.78 Å². The molecular formula is C8H10O3. The molecule has 0 atom stereocenters. The summed E-state index contributed by atoms with van der Waals surface area (Å²) in [5.41, 5.74) is 0. The Hall–Kier alpha value is -1.25. The molecule has 0 fully saturated rings. The van der Waals surface area contributed by atoms with E-state index in [4.69, 9.17) is 9.47 Å². The summed E-state index contributed by atoms with van der Waals surface area (Å²) in [6, 6.07) is 0. The fourth-order valence-corrected chi connectivity index (χ4v) is 0.914. The monoisotopic (exact) mass is 154 g/mol. The Balaban J connectivity index is 2.82. The van der Waals surface area contributed by atoms with Crippen LogP contribution in [0.2, 0.25) is 0 Å². The van der Waals surface area contributed by atoms with Crippen LogP contribution < -0.4 is 0 Å². The Kier molecular flexibility index (Phi) is 2.31. The first-order valence-electron chi connectivity index (χ1n) is 3.31. The van der Waals surface area contributed by atoms with Gasteiger partial charge in [-0.2, -0.15) is 0 Å². The van der Waals surface area contributed by atoms with Crippen molar-refractivity contribution >= 4 is 5.78 Å². The number of hydrogen-bond acceptors (Lipinski definition) is 3. The van der Waals surface area contributed by atoms with Crippen LogP contribution in [0.1, 0.15) is 6.42 Å². The van der Waals surface area contributed by atoms with Crippen molar-refractivity contribution in [1.82, 2.24) is 0 Å². The van der Waals surface area contributed by atoms with Crippen LogP contribution in [0.3, 0.4) is 0 Å². The number of ketones is 1. The summed E-state index contributed by atoms with van der Waals surface area (Å²) in [5.74, 6) is 1.18. The number of hydrogen-bond donors (Lipinski definition) is 0. The molecule has 0 aliphatic heterocycles. The summed E-state index contributed by atoms with van der Waals surface area (Å²) in [4.78, 5) is 10.8. The number of methoxy groups -OCH3 is 2. The van der Waals surface area contributed by atoms with E-state index in [0.29, 0.717) is 17.9 Å². The minimum Gasteiger partial charge on any atom is -0.493 e. The highest BCUT2D eigenvalue weighted by molar-refractivity contribution is 5.93. The topological polar surface area (TPSA) is 35.5 Å². The molecule has 3 nitrogen and oxygen atoms in total. The fraction of sp³-hybridized carbons (Fsp3) is 0.375. The van der Waals surface area contributed by atoms with Gasteiger partial charge in [-0.15, -0.1) is 0 Å². The maximum atomic E-state index is 10.8. The van der Waals surface area contributed by atoms with Crippen molar-refractivity contribution in [2.45, 2.75) is 6.42 Å². The fourth-order valence-electron chi connectivity index (χ4n) is 0.914. The molecule has 0 unspecified atom stereocenters. The van der Waals surface area contributed by atoms with Crippen LogP contribution in [0.4, 0.5) is 0 Å². The van der Waals surface area contributed by atoms with E-state index in [1.807, 2.05) is 0 Å². The minimum absolute atomic E-state index is 0.0441. The average Bonchev–Trinajstić information content (AvgIpc) is 2.04. The molecule has 0 amide bonds. The molecular weight excluding hydrogens is 144 g/mol. The van der Waals surface area contributed by atoms with E-state index >= 15 is 0 Å². The van der Waals surface area contributed by atoms with Gasteiger partial charge in [-0.3, -0.25) is 4.79 Å². The normalized spacial score (nSPS) is 17.1. The van der Waals surface area contributed by atoms with Gasteiger partial charge in [-0.25, -0.2) is 0 Å². The van der Waals surface area contributed by atoms with Crippen LogP contribution in [0, 0.1) is 0 Å². The minimum atomic E-state index is 0.0441. The molecule has 0 saturated carbocycles. The van der Waals surface area contributed by atoms with E-state index in [1.165, 1.54) is 13.2 Å². The summed E-state index contributed by atoms with van der Waals surface area (Å²) in [6.07, 6.45) is 3.55. The smallest absolute Gasteiger partial charge is 0.163 e. The molecule has 11 heavy (non-hydrogen) atoms. The molecule has 1 aliphatic carbocycles. The molecule has 0 radical (unpaired) electrons. The SMILES string of the molecule is COC1=CCC(=O)C=C1OC. The van der Waals surface area contributed by atoms with Crippen molar-refractivity contribution in [1.29, 1.82) is 0 Å². The summed E-state index contributed by atoms with van der Waals surface area (Å²) >= 11 is 0. The highest BCUT2D eigenvalue weighted by atomic mass is 16.5. The van der Waals surface area contributed by atoms with Crippen LogP contribution >= 0.6 is 0 Å². The maximum Gasteiger partial charge on any atom is 0.163 e. The average molecular weight is 154 g/mol. The Morgan fingerprint density at radius 2 is 1.91 bits per heavy atom. The van der Waals surface area contributed by atoms with Gasteiger partial charge in [-0.1, -0.05) is 0 Å². The first-order chi connectivity index (χ1) is 5.27. The molecule has 0 saturated heterocycles. The van der Waals surface area contributed by atoms with Gasteiger partial charge >= 0.3 is 0 Å². The Morgan fingerprint density at radius 1 is 1.27 bits per heavy atom. The van der Waals surface area contributed by atoms with E-state index in [1.54, 1.807) is 13.2 Å². The number of ether oxygens (including phenoxy) is 2. The second-order valence-electron chi connectivity index (χ2n) is 2.16. The number of allylic oxidation sites excluding steroid dienone is 2. The highest BCUT2D eigenvalue weighted by Gasteiger charge is 2.13. The second kappa shape index (κ2) is 3.23. The van der Waals surface area contributed by atoms with Crippen molar-refractivity contribution in [2.24, 2.45) is 0 Å². The molecule has 0 aromatic heterocycles. The zero-order valence-corrected chi connectivity index (χ0v) is 6.59. The molecule has 0 heterocycles. The quantitative estimate of drug-likeness (QED) is 0.595. The summed E-state index contributed by atoms with van der Waals surface area (Å²) in [7, 11) is 3.06. The lowest BCUT2D eigenvalue weighted by Crippen LogP contribution is -2.05. The van der Waals surface area contributed by atoms with Gasteiger partial charge in [0, 0.05) is 12.5 Å². The lowest BCUT2D eigenvalue weighted by atomic mass is 10.1. The van der Waals surface area contributed by atoms with Crippen molar-refractivity contribution in [3.05, 3.63) is 23.7 Å². The summed E-state index contributed by atoms with van der Waals surface area (Å²) in [5, 5.41) is 0. The zero-order chi connectivity index (χ0) is 8.27. The van der Waals surface area contributed by atoms with Gasteiger partial charge in [0.25, 0.3) is 0 Å². The van der Waals surface area contributed by atoms with E-state index in [0.717, 1.165) is 0 Å². The molecule has 0 N–H and O–H groups in total. The van der Waals surface area contributed by atoms with E-state index < -0.39 is 0 Å². The van der Waals surface area contributed by atoms with Crippen LogP contribution in [0.5, 0.6) is 0 Å². The molecule has 60 valence electrons. The van der Waals surface area contributed by atoms with Crippen LogP contribution in [0.25, 0.3) is 0 Å². The third kappa shape index (κ3) is 1.61. The molecule has 1 aliphatic rings. The van der Waals surface area contributed by atoms with E-state index in [2.05, 4.69) is 0 Å². The third-order valence-corrected chi connectivity index (χ3v) is 1.46. The van der Waals surface area contributed by atoms with Crippen LogP contribution in [-0.4, -0.2) is 20.0 Å². The highest BCUT2D eigenvalue weighted by Crippen LogP contribution is 2.17. The van der Waals surface area contributed by atoms with Gasteiger partial charge in [0.05, 0.1) is 14.2 Å². The lowest BCUT2D eigenvalue weighted by Gasteiger charge is -2.12. The molecule has 0 spiro atoms. The predicted molar refractivity (Wildman–Crippen MR) is 39.8 cm³/mol. The first kappa shape index (κ1) is 7.85. The van der Waals surface area contributed by atoms with Crippen LogP contribution in [0.15, 0.2) is 23.7 Å². The first-order valence-corrected chi connectivity index (χ1v) is 3.31. The van der Waals surface area contributed by atoms with Gasteiger partial charge in [0.2, 0.25) is 0 Å². The number of carbonyl (C=O) groups is 1. The molecule has 0 aromatic carbocycles. The largest absolute Gasteiger partial charge is 0.493 e. The summed E-state index contributed by atoms with van der Waals surface area (Å²) in [6.45, 7) is 0. The van der Waals surface area contributed by atoms with Gasteiger partial charge < -0.3 is 9.47 Å². The molecule has 1 rings (SSSR count). The Labute approximate surface area is 65.3 Å². The maximum absolute atomic E-state index is 10.8. The van der Waals surface area contributed by atoms with Gasteiger partial charge in [0.15, 0.2) is 17.3 Å².